The van der Waals surface area contributed by atoms with Crippen LogP contribution in [0.4, 0.5) is 20.6 Å². The second kappa shape index (κ2) is 8.81. The molecule has 10 heteroatoms. The molecule has 0 spiro atoms. The van der Waals surface area contributed by atoms with Gasteiger partial charge in [-0.15, -0.1) is 11.6 Å². The van der Waals surface area contributed by atoms with Gasteiger partial charge in [0.05, 0.1) is 11.6 Å². The molecule has 0 aliphatic carbocycles. The number of likely N-dealkylation sites (N-methyl/N-ethyl adjacent to an activating group) is 1. The minimum atomic E-state index is -0.917. The van der Waals surface area contributed by atoms with E-state index in [4.69, 9.17) is 11.6 Å². The SMILES string of the molecule is CN1C(=O)N(c2ccccc2F)C(=O)/C1=N\C(Nc1ccccc1)C(Br)(Br)CCl. The summed E-state index contributed by atoms with van der Waals surface area (Å²) in [6.45, 7) is 0. The molecule has 1 aliphatic rings. The molecule has 6 nitrogen and oxygen atoms in total. The van der Waals surface area contributed by atoms with Crippen molar-refractivity contribution in [2.75, 3.05) is 23.1 Å². The van der Waals surface area contributed by atoms with Crippen molar-refractivity contribution >= 4 is 72.6 Å². The van der Waals surface area contributed by atoms with Crippen LogP contribution in [0.5, 0.6) is 0 Å². The molecular weight excluding hydrogens is 530 g/mol. The summed E-state index contributed by atoms with van der Waals surface area (Å²) in [6, 6.07) is 14.1. The molecule has 0 radical (unpaired) electrons. The van der Waals surface area contributed by atoms with E-state index in [0.717, 1.165) is 15.5 Å². The number of urea groups is 1. The van der Waals surface area contributed by atoms with E-state index < -0.39 is 27.2 Å². The number of halogens is 4. The molecule has 1 saturated heterocycles. The zero-order valence-electron chi connectivity index (χ0n) is 15.2. The van der Waals surface area contributed by atoms with Gasteiger partial charge in [0.25, 0.3) is 0 Å². The van der Waals surface area contributed by atoms with Gasteiger partial charge in [-0.2, -0.15) is 0 Å². The summed E-state index contributed by atoms with van der Waals surface area (Å²) in [6.07, 6.45) is -0.767. The maximum Gasteiger partial charge on any atom is 0.337 e. The maximum atomic E-state index is 14.2. The van der Waals surface area contributed by atoms with Crippen molar-refractivity contribution in [3.05, 3.63) is 60.4 Å². The van der Waals surface area contributed by atoms with Crippen LogP contribution in [0.1, 0.15) is 0 Å². The number of amides is 3. The van der Waals surface area contributed by atoms with E-state index in [1.54, 1.807) is 6.07 Å². The second-order valence-corrected chi connectivity index (χ2v) is 10.4. The first-order valence-electron chi connectivity index (χ1n) is 8.46. The maximum absolute atomic E-state index is 14.2. The van der Waals surface area contributed by atoms with Crippen LogP contribution in [0.3, 0.4) is 0 Å². The van der Waals surface area contributed by atoms with Crippen molar-refractivity contribution < 1.29 is 14.0 Å². The van der Waals surface area contributed by atoms with Crippen LogP contribution >= 0.6 is 43.5 Å². The molecule has 1 heterocycles. The fourth-order valence-electron chi connectivity index (χ4n) is 2.68. The monoisotopic (exact) mass is 544 g/mol. The van der Waals surface area contributed by atoms with E-state index in [2.05, 4.69) is 42.2 Å². The number of hydrogen-bond donors (Lipinski definition) is 1. The van der Waals surface area contributed by atoms with E-state index in [1.807, 2.05) is 30.3 Å². The van der Waals surface area contributed by atoms with Crippen LogP contribution < -0.4 is 10.2 Å². The molecule has 0 saturated carbocycles. The molecule has 1 fully saturated rings. The number of alkyl halides is 3. The van der Waals surface area contributed by atoms with Crippen molar-refractivity contribution in [3.8, 4) is 0 Å². The second-order valence-electron chi connectivity index (χ2n) is 6.19. The Hall–Kier alpha value is -1.97. The number of anilines is 2. The van der Waals surface area contributed by atoms with Crippen LogP contribution in [0.2, 0.25) is 0 Å². The van der Waals surface area contributed by atoms with Crippen molar-refractivity contribution in [3.63, 3.8) is 0 Å². The number of benzene rings is 2. The summed E-state index contributed by atoms with van der Waals surface area (Å²) in [7, 11) is 1.41. The number of amidine groups is 1. The first-order chi connectivity index (χ1) is 13.8. The van der Waals surface area contributed by atoms with Crippen molar-refractivity contribution in [1.82, 2.24) is 4.90 Å². The molecule has 152 valence electrons. The smallest absolute Gasteiger partial charge is 0.337 e. The summed E-state index contributed by atoms with van der Waals surface area (Å²) in [5.74, 6) is -1.45. The molecule has 1 aliphatic heterocycles. The molecule has 1 unspecified atom stereocenters. The first kappa shape index (κ1) is 21.7. The fourth-order valence-corrected chi connectivity index (χ4v) is 3.26. The quantitative estimate of drug-likeness (QED) is 0.419. The van der Waals surface area contributed by atoms with Gasteiger partial charge in [0, 0.05) is 12.7 Å². The van der Waals surface area contributed by atoms with Crippen LogP contribution in [-0.2, 0) is 4.79 Å². The lowest BCUT2D eigenvalue weighted by molar-refractivity contribution is -0.111. The average Bonchev–Trinajstić information content (AvgIpc) is 2.92. The highest BCUT2D eigenvalue weighted by Gasteiger charge is 2.44. The van der Waals surface area contributed by atoms with Crippen molar-refractivity contribution in [2.24, 2.45) is 4.99 Å². The number of aliphatic imine (C=N–C) groups is 1. The first-order valence-corrected chi connectivity index (χ1v) is 10.6. The standard InChI is InChI=1S/C19H16Br2ClFN4O2/c1-26-15(16(28)27(18(26)29)14-10-6-5-9-13(14)23)25-17(19(20,21)11-22)24-12-7-3-2-4-8-12/h2-10,17,24H,11H2,1H3/b25-15+. The van der Waals surface area contributed by atoms with Crippen LogP contribution in [0.15, 0.2) is 59.6 Å². The molecule has 3 amide bonds. The number of nitrogens with one attached hydrogen (secondary N) is 1. The van der Waals surface area contributed by atoms with E-state index in [0.29, 0.717) is 0 Å². The summed E-state index contributed by atoms with van der Waals surface area (Å²) in [5, 5.41) is 3.17. The third-order valence-corrected chi connectivity index (χ3v) is 6.69. The normalized spacial score (nSPS) is 17.2. The summed E-state index contributed by atoms with van der Waals surface area (Å²) >= 11 is 13.0. The van der Waals surface area contributed by atoms with Crippen LogP contribution in [0, 0.1) is 5.82 Å². The highest BCUT2D eigenvalue weighted by Crippen LogP contribution is 2.35. The van der Waals surface area contributed by atoms with E-state index >= 15 is 0 Å². The Morgan fingerprint density at radius 1 is 1.14 bits per heavy atom. The Balaban J connectivity index is 2.00. The minimum Gasteiger partial charge on any atom is -0.362 e. The third kappa shape index (κ3) is 4.46. The zero-order chi connectivity index (χ0) is 21.2. The Kier molecular flexibility index (Phi) is 6.60. The fraction of sp³-hybridized carbons (Fsp3) is 0.211. The highest BCUT2D eigenvalue weighted by molar-refractivity contribution is 9.25. The molecule has 3 rings (SSSR count). The van der Waals surface area contributed by atoms with Gasteiger partial charge in [0.1, 0.15) is 15.2 Å². The molecule has 2 aromatic carbocycles. The predicted octanol–water partition coefficient (Wildman–Crippen LogP) is 4.79. The third-order valence-electron chi connectivity index (χ3n) is 4.19. The Morgan fingerprint density at radius 3 is 2.38 bits per heavy atom. The van der Waals surface area contributed by atoms with Gasteiger partial charge >= 0.3 is 11.9 Å². The molecule has 0 aromatic heterocycles. The number of hydrogen-bond acceptors (Lipinski definition) is 4. The number of carbonyl (C=O) groups excluding carboxylic acids is 2. The van der Waals surface area contributed by atoms with E-state index in [9.17, 15) is 14.0 Å². The van der Waals surface area contributed by atoms with Gasteiger partial charge in [0.2, 0.25) is 5.84 Å². The predicted molar refractivity (Wildman–Crippen MR) is 120 cm³/mol. The number of para-hydroxylation sites is 2. The zero-order valence-corrected chi connectivity index (χ0v) is 19.1. The van der Waals surface area contributed by atoms with Gasteiger partial charge in [0.15, 0.2) is 0 Å². The van der Waals surface area contributed by atoms with Gasteiger partial charge in [-0.25, -0.2) is 19.1 Å². The minimum absolute atomic E-state index is 0.0944. The Bertz CT molecular complexity index is 958. The molecular formula is C19H16Br2ClFN4O2. The number of carbonyl (C=O) groups is 2. The lowest BCUT2D eigenvalue weighted by atomic mass is 10.2. The van der Waals surface area contributed by atoms with Gasteiger partial charge in [-0.1, -0.05) is 62.2 Å². The largest absolute Gasteiger partial charge is 0.362 e. The van der Waals surface area contributed by atoms with Gasteiger partial charge < -0.3 is 5.32 Å². The van der Waals surface area contributed by atoms with Gasteiger partial charge in [-0.05, 0) is 24.3 Å². The van der Waals surface area contributed by atoms with Crippen molar-refractivity contribution in [1.29, 1.82) is 0 Å². The lowest BCUT2D eigenvalue weighted by Crippen LogP contribution is -2.40. The van der Waals surface area contributed by atoms with Crippen LogP contribution in [-0.4, -0.2) is 45.0 Å². The number of imide groups is 1. The average molecular weight is 547 g/mol. The summed E-state index contributed by atoms with van der Waals surface area (Å²) in [5.41, 5.74) is 0.606. The highest BCUT2D eigenvalue weighted by atomic mass is 79.9. The van der Waals surface area contributed by atoms with E-state index in [1.165, 1.54) is 25.2 Å². The van der Waals surface area contributed by atoms with Gasteiger partial charge in [-0.3, -0.25) is 9.69 Å². The molecule has 29 heavy (non-hydrogen) atoms. The Morgan fingerprint density at radius 2 is 1.76 bits per heavy atom. The molecule has 1 atom stereocenters. The lowest BCUT2D eigenvalue weighted by Gasteiger charge is -2.28. The van der Waals surface area contributed by atoms with Crippen molar-refractivity contribution in [2.45, 2.75) is 9.40 Å². The summed E-state index contributed by atoms with van der Waals surface area (Å²) in [4.78, 5) is 31.9. The molecule has 0 bridgehead atoms. The van der Waals surface area contributed by atoms with Crippen LogP contribution in [0.25, 0.3) is 0 Å². The Labute approximate surface area is 189 Å². The molecule has 1 N–H and O–H groups in total. The number of rotatable bonds is 6. The number of nitrogens with zero attached hydrogens (tertiary/aromatic N) is 3. The molecule has 2 aromatic rings. The summed E-state index contributed by atoms with van der Waals surface area (Å²) < 4.78 is 13.3. The van der Waals surface area contributed by atoms with E-state index in [-0.39, 0.29) is 17.4 Å². The topological polar surface area (TPSA) is 65.0 Å².